The van der Waals surface area contributed by atoms with Crippen LogP contribution < -0.4 is 4.74 Å². The molecule has 0 aliphatic carbocycles. The van der Waals surface area contributed by atoms with Crippen LogP contribution in [0.2, 0.25) is 5.02 Å². The fraction of sp³-hybridized carbons (Fsp3) is 0.214. The van der Waals surface area contributed by atoms with E-state index in [1.165, 1.54) is 7.11 Å². The van der Waals surface area contributed by atoms with Crippen molar-refractivity contribution in [1.29, 1.82) is 0 Å². The van der Waals surface area contributed by atoms with Crippen molar-refractivity contribution < 1.29 is 9.53 Å². The van der Waals surface area contributed by atoms with Crippen LogP contribution in [0.25, 0.3) is 0 Å². The SMILES string of the molecule is COc1cc(Cl)ccc1C(=O)N(C)Cc1csc(Br)c1. The van der Waals surface area contributed by atoms with Crippen LogP contribution >= 0.6 is 38.9 Å². The number of carbonyl (C=O) groups is 1. The second kappa shape index (κ2) is 6.61. The predicted octanol–water partition coefficient (Wildman–Crippen LogP) is 4.44. The van der Waals surface area contributed by atoms with E-state index in [2.05, 4.69) is 15.9 Å². The van der Waals surface area contributed by atoms with E-state index < -0.39 is 0 Å². The molecule has 3 nitrogen and oxygen atoms in total. The van der Waals surface area contributed by atoms with Gasteiger partial charge in [-0.1, -0.05) is 11.6 Å². The van der Waals surface area contributed by atoms with Gasteiger partial charge in [0.1, 0.15) is 5.75 Å². The first kappa shape index (κ1) is 15.4. The van der Waals surface area contributed by atoms with E-state index in [0.29, 0.717) is 22.9 Å². The Bertz CT molecular complexity index is 629. The largest absolute Gasteiger partial charge is 0.496 e. The van der Waals surface area contributed by atoms with Gasteiger partial charge in [0.15, 0.2) is 0 Å². The lowest BCUT2D eigenvalue weighted by Crippen LogP contribution is -2.26. The summed E-state index contributed by atoms with van der Waals surface area (Å²) in [6.07, 6.45) is 0. The molecule has 0 radical (unpaired) electrons. The molecule has 0 atom stereocenters. The van der Waals surface area contributed by atoms with Crippen LogP contribution in [-0.4, -0.2) is 25.0 Å². The highest BCUT2D eigenvalue weighted by molar-refractivity contribution is 9.11. The zero-order valence-electron chi connectivity index (χ0n) is 11.0. The van der Waals surface area contributed by atoms with Gasteiger partial charge in [-0.25, -0.2) is 0 Å². The van der Waals surface area contributed by atoms with Crippen LogP contribution in [0.5, 0.6) is 5.75 Å². The van der Waals surface area contributed by atoms with Gasteiger partial charge in [-0.2, -0.15) is 0 Å². The van der Waals surface area contributed by atoms with Gasteiger partial charge in [-0.15, -0.1) is 11.3 Å². The molecule has 6 heteroatoms. The monoisotopic (exact) mass is 373 g/mol. The summed E-state index contributed by atoms with van der Waals surface area (Å²) in [5, 5.41) is 2.57. The Morgan fingerprint density at radius 2 is 2.20 bits per heavy atom. The van der Waals surface area contributed by atoms with E-state index in [1.54, 1.807) is 41.5 Å². The molecule has 0 bridgehead atoms. The van der Waals surface area contributed by atoms with E-state index >= 15 is 0 Å². The summed E-state index contributed by atoms with van der Waals surface area (Å²) in [6, 6.07) is 7.02. The molecule has 106 valence electrons. The van der Waals surface area contributed by atoms with Gasteiger partial charge in [0.2, 0.25) is 0 Å². The summed E-state index contributed by atoms with van der Waals surface area (Å²) >= 11 is 10.9. The van der Waals surface area contributed by atoms with Gasteiger partial charge in [-0.05, 0) is 51.1 Å². The molecule has 1 aromatic carbocycles. The van der Waals surface area contributed by atoms with E-state index in [0.717, 1.165) is 9.35 Å². The topological polar surface area (TPSA) is 29.5 Å². The van der Waals surface area contributed by atoms with Crippen molar-refractivity contribution in [2.24, 2.45) is 0 Å². The van der Waals surface area contributed by atoms with Gasteiger partial charge < -0.3 is 9.64 Å². The number of amides is 1. The number of ether oxygens (including phenoxy) is 1. The van der Waals surface area contributed by atoms with Gasteiger partial charge in [-0.3, -0.25) is 4.79 Å². The molecule has 2 rings (SSSR count). The summed E-state index contributed by atoms with van der Waals surface area (Å²) < 4.78 is 6.27. The van der Waals surface area contributed by atoms with E-state index in [1.807, 2.05) is 11.4 Å². The molecule has 0 saturated carbocycles. The van der Waals surface area contributed by atoms with Gasteiger partial charge in [0.25, 0.3) is 5.91 Å². The third-order valence-electron chi connectivity index (χ3n) is 2.78. The molecule has 0 fully saturated rings. The van der Waals surface area contributed by atoms with Crippen molar-refractivity contribution in [2.75, 3.05) is 14.2 Å². The maximum Gasteiger partial charge on any atom is 0.257 e. The minimum atomic E-state index is -0.0964. The maximum atomic E-state index is 12.4. The van der Waals surface area contributed by atoms with Crippen molar-refractivity contribution in [3.8, 4) is 5.75 Å². The molecule has 0 unspecified atom stereocenters. The third-order valence-corrected chi connectivity index (χ3v) is 4.57. The molecular formula is C14H13BrClNO2S. The molecule has 1 amide bonds. The molecular weight excluding hydrogens is 362 g/mol. The normalized spacial score (nSPS) is 10.4. The van der Waals surface area contributed by atoms with Crippen LogP contribution in [0, 0.1) is 0 Å². The van der Waals surface area contributed by atoms with E-state index in [-0.39, 0.29) is 5.91 Å². The highest BCUT2D eigenvalue weighted by Gasteiger charge is 2.17. The first-order valence-corrected chi connectivity index (χ1v) is 7.88. The second-order valence-corrected chi connectivity index (χ2v) is 6.99. The smallest absolute Gasteiger partial charge is 0.257 e. The Balaban J connectivity index is 2.18. The highest BCUT2D eigenvalue weighted by atomic mass is 79.9. The Morgan fingerprint density at radius 3 is 2.80 bits per heavy atom. The number of hydrogen-bond donors (Lipinski definition) is 0. The second-order valence-electron chi connectivity index (χ2n) is 4.26. The number of rotatable bonds is 4. The summed E-state index contributed by atoms with van der Waals surface area (Å²) in [7, 11) is 3.29. The van der Waals surface area contributed by atoms with Crippen molar-refractivity contribution >= 4 is 44.8 Å². The summed E-state index contributed by atoms with van der Waals surface area (Å²) in [4.78, 5) is 14.1. The van der Waals surface area contributed by atoms with Gasteiger partial charge >= 0.3 is 0 Å². The fourth-order valence-corrected chi connectivity index (χ4v) is 3.18. The molecule has 1 heterocycles. The number of nitrogens with zero attached hydrogens (tertiary/aromatic N) is 1. The maximum absolute atomic E-state index is 12.4. The molecule has 0 N–H and O–H groups in total. The first-order valence-electron chi connectivity index (χ1n) is 5.83. The summed E-state index contributed by atoms with van der Waals surface area (Å²) in [5.41, 5.74) is 1.60. The number of thiophene rings is 1. The van der Waals surface area contributed by atoms with Crippen molar-refractivity contribution in [3.63, 3.8) is 0 Å². The molecule has 0 aliphatic rings. The molecule has 0 aliphatic heterocycles. The first-order chi connectivity index (χ1) is 9.51. The Morgan fingerprint density at radius 1 is 1.45 bits per heavy atom. The Kier molecular flexibility index (Phi) is 5.07. The van der Waals surface area contributed by atoms with Crippen LogP contribution in [0.3, 0.4) is 0 Å². The minimum absolute atomic E-state index is 0.0964. The zero-order valence-corrected chi connectivity index (χ0v) is 14.2. The Labute approximate surface area is 135 Å². The summed E-state index contributed by atoms with van der Waals surface area (Å²) in [6.45, 7) is 0.548. The van der Waals surface area contributed by atoms with Crippen LogP contribution in [0.15, 0.2) is 33.4 Å². The Hall–Kier alpha value is -1.04. The molecule has 0 spiro atoms. The van der Waals surface area contributed by atoms with Crippen LogP contribution in [-0.2, 0) is 6.54 Å². The third kappa shape index (κ3) is 3.53. The van der Waals surface area contributed by atoms with Gasteiger partial charge in [0.05, 0.1) is 16.5 Å². The van der Waals surface area contributed by atoms with E-state index in [9.17, 15) is 4.79 Å². The molecule has 20 heavy (non-hydrogen) atoms. The number of carbonyl (C=O) groups excluding carboxylic acids is 1. The molecule has 1 aromatic heterocycles. The highest BCUT2D eigenvalue weighted by Crippen LogP contribution is 2.26. The van der Waals surface area contributed by atoms with Crippen molar-refractivity contribution in [1.82, 2.24) is 4.90 Å². The standard InChI is InChI=1S/C14H13BrClNO2S/c1-17(7-9-5-13(15)20-8-9)14(18)11-4-3-10(16)6-12(11)19-2/h3-6,8H,7H2,1-2H3. The lowest BCUT2D eigenvalue weighted by atomic mass is 10.1. The number of benzene rings is 1. The average molecular weight is 375 g/mol. The fourth-order valence-electron chi connectivity index (χ4n) is 1.82. The minimum Gasteiger partial charge on any atom is -0.496 e. The van der Waals surface area contributed by atoms with E-state index in [4.69, 9.17) is 16.3 Å². The number of hydrogen-bond acceptors (Lipinski definition) is 3. The van der Waals surface area contributed by atoms with Crippen molar-refractivity contribution in [3.05, 3.63) is 49.6 Å². The zero-order chi connectivity index (χ0) is 14.7. The molecule has 0 saturated heterocycles. The predicted molar refractivity (Wildman–Crippen MR) is 85.8 cm³/mol. The summed E-state index contributed by atoms with van der Waals surface area (Å²) in [5.74, 6) is 0.390. The molecule has 2 aromatic rings. The van der Waals surface area contributed by atoms with Crippen LogP contribution in [0.4, 0.5) is 0 Å². The van der Waals surface area contributed by atoms with Gasteiger partial charge in [0, 0.05) is 18.6 Å². The number of halogens is 2. The lowest BCUT2D eigenvalue weighted by Gasteiger charge is -2.18. The lowest BCUT2D eigenvalue weighted by molar-refractivity contribution is 0.0782. The van der Waals surface area contributed by atoms with Crippen molar-refractivity contribution in [2.45, 2.75) is 6.54 Å². The quantitative estimate of drug-likeness (QED) is 0.791. The van der Waals surface area contributed by atoms with Crippen LogP contribution in [0.1, 0.15) is 15.9 Å². The average Bonchev–Trinajstić information content (AvgIpc) is 2.83. The number of methoxy groups -OCH3 is 1.